The third-order valence-corrected chi connectivity index (χ3v) is 4.93. The Hall–Kier alpha value is -1.13. The Bertz CT molecular complexity index is 501. The first kappa shape index (κ1) is 17.2. The summed E-state index contributed by atoms with van der Waals surface area (Å²) in [6.45, 7) is 10.1. The first-order valence-corrected chi connectivity index (χ1v) is 8.94. The Morgan fingerprint density at radius 2 is 2.14 bits per heavy atom. The highest BCUT2D eigenvalue weighted by molar-refractivity contribution is 7.80. The molecule has 1 saturated heterocycles. The zero-order valence-electron chi connectivity index (χ0n) is 14.2. The van der Waals surface area contributed by atoms with Crippen LogP contribution in [-0.4, -0.2) is 30.8 Å². The van der Waals surface area contributed by atoms with E-state index in [4.69, 9.17) is 12.2 Å². The molecule has 2 atom stereocenters. The van der Waals surface area contributed by atoms with E-state index in [1.165, 1.54) is 49.9 Å². The minimum absolute atomic E-state index is 0.732. The standard InChI is InChI=1S/C18H29N3S/c1-14-8-9-15(2)17(13-14)20-18(22)19-10-6-12-21-11-5-4-7-16(21)3/h8-9,13,16H,4-7,10-12H2,1-3H3,(H2,19,20,22)/p+1/t16-/m0/s1. The zero-order valence-corrected chi connectivity index (χ0v) is 15.0. The number of rotatable bonds is 5. The Kier molecular flexibility index (Phi) is 6.65. The van der Waals surface area contributed by atoms with Gasteiger partial charge in [-0.25, -0.2) is 0 Å². The summed E-state index contributed by atoms with van der Waals surface area (Å²) in [6.07, 6.45) is 5.36. The number of nitrogens with one attached hydrogen (secondary N) is 3. The van der Waals surface area contributed by atoms with E-state index >= 15 is 0 Å². The van der Waals surface area contributed by atoms with Crippen LogP contribution >= 0.6 is 12.2 Å². The van der Waals surface area contributed by atoms with E-state index in [1.807, 2.05) is 0 Å². The van der Waals surface area contributed by atoms with Gasteiger partial charge in [-0.3, -0.25) is 0 Å². The number of piperidine rings is 1. The van der Waals surface area contributed by atoms with Gasteiger partial charge in [0.25, 0.3) is 0 Å². The van der Waals surface area contributed by atoms with Gasteiger partial charge < -0.3 is 15.5 Å². The number of quaternary nitrogens is 1. The van der Waals surface area contributed by atoms with Gasteiger partial charge in [-0.1, -0.05) is 12.1 Å². The molecule has 0 bridgehead atoms. The molecule has 1 fully saturated rings. The van der Waals surface area contributed by atoms with Crippen molar-refractivity contribution in [3.63, 3.8) is 0 Å². The molecule has 0 aromatic heterocycles. The highest BCUT2D eigenvalue weighted by Crippen LogP contribution is 2.15. The van der Waals surface area contributed by atoms with Crippen LogP contribution < -0.4 is 15.5 Å². The predicted molar refractivity (Wildman–Crippen MR) is 98.8 cm³/mol. The zero-order chi connectivity index (χ0) is 15.9. The Balaban J connectivity index is 1.68. The molecule has 3 N–H and O–H groups in total. The van der Waals surface area contributed by atoms with E-state index in [0.29, 0.717) is 0 Å². The average molecular weight is 321 g/mol. The van der Waals surface area contributed by atoms with Crippen LogP contribution in [0, 0.1) is 13.8 Å². The summed E-state index contributed by atoms with van der Waals surface area (Å²) in [5, 5.41) is 7.38. The van der Waals surface area contributed by atoms with Crippen molar-refractivity contribution in [3.05, 3.63) is 29.3 Å². The molecule has 1 aliphatic rings. The Labute approximate surface area is 140 Å². The van der Waals surface area contributed by atoms with Crippen LogP contribution in [0.3, 0.4) is 0 Å². The number of thiocarbonyl (C=S) groups is 1. The molecule has 1 unspecified atom stereocenters. The largest absolute Gasteiger partial charge is 0.362 e. The molecular weight excluding hydrogens is 290 g/mol. The summed E-state index contributed by atoms with van der Waals surface area (Å²) < 4.78 is 0. The molecule has 1 aromatic rings. The van der Waals surface area contributed by atoms with Crippen LogP contribution in [0.2, 0.25) is 0 Å². The number of aryl methyl sites for hydroxylation is 2. The average Bonchev–Trinajstić information content (AvgIpc) is 2.49. The smallest absolute Gasteiger partial charge is 0.170 e. The van der Waals surface area contributed by atoms with Crippen molar-refractivity contribution in [1.29, 1.82) is 0 Å². The van der Waals surface area contributed by atoms with Gasteiger partial charge in [0.1, 0.15) is 0 Å². The maximum atomic E-state index is 5.40. The second-order valence-corrected chi connectivity index (χ2v) is 7.02. The summed E-state index contributed by atoms with van der Waals surface area (Å²) >= 11 is 5.40. The normalized spacial score (nSPS) is 21.4. The second kappa shape index (κ2) is 8.49. The van der Waals surface area contributed by atoms with Crippen LogP contribution in [0.25, 0.3) is 0 Å². The van der Waals surface area contributed by atoms with E-state index in [2.05, 4.69) is 49.6 Å². The Morgan fingerprint density at radius 1 is 1.32 bits per heavy atom. The summed E-state index contributed by atoms with van der Waals surface area (Å²) in [4.78, 5) is 1.77. The van der Waals surface area contributed by atoms with Crippen molar-refractivity contribution in [2.24, 2.45) is 0 Å². The van der Waals surface area contributed by atoms with E-state index < -0.39 is 0 Å². The van der Waals surface area contributed by atoms with Crippen LogP contribution in [0.5, 0.6) is 0 Å². The van der Waals surface area contributed by atoms with Gasteiger partial charge in [0.2, 0.25) is 0 Å². The maximum Gasteiger partial charge on any atom is 0.170 e. The first-order chi connectivity index (χ1) is 10.6. The molecular formula is C18H30N3S+. The highest BCUT2D eigenvalue weighted by Gasteiger charge is 2.20. The molecule has 0 spiro atoms. The SMILES string of the molecule is Cc1ccc(C)c(NC(=S)NCCC[NH+]2CCCC[C@@H]2C)c1. The van der Waals surface area contributed by atoms with E-state index in [-0.39, 0.29) is 0 Å². The number of benzene rings is 1. The lowest BCUT2D eigenvalue weighted by atomic mass is 10.0. The monoisotopic (exact) mass is 320 g/mol. The highest BCUT2D eigenvalue weighted by atomic mass is 32.1. The van der Waals surface area contributed by atoms with Gasteiger partial charge in [0.05, 0.1) is 19.1 Å². The molecule has 0 radical (unpaired) electrons. The molecule has 0 aliphatic carbocycles. The molecule has 122 valence electrons. The number of anilines is 1. The quantitative estimate of drug-likeness (QED) is 0.575. The molecule has 0 amide bonds. The van der Waals surface area contributed by atoms with Crippen molar-refractivity contribution in [2.75, 3.05) is 25.0 Å². The molecule has 0 saturated carbocycles. The van der Waals surface area contributed by atoms with Crippen molar-refractivity contribution >= 4 is 23.0 Å². The fourth-order valence-electron chi connectivity index (χ4n) is 3.18. The molecule has 1 aliphatic heterocycles. The summed E-state index contributed by atoms with van der Waals surface area (Å²) in [6, 6.07) is 7.22. The number of hydrogen-bond donors (Lipinski definition) is 3. The van der Waals surface area contributed by atoms with E-state index in [0.717, 1.165) is 23.4 Å². The second-order valence-electron chi connectivity index (χ2n) is 6.61. The van der Waals surface area contributed by atoms with Gasteiger partial charge in [0, 0.05) is 18.7 Å². The maximum absolute atomic E-state index is 5.40. The van der Waals surface area contributed by atoms with E-state index in [1.54, 1.807) is 4.90 Å². The van der Waals surface area contributed by atoms with Gasteiger partial charge >= 0.3 is 0 Å². The molecule has 3 nitrogen and oxygen atoms in total. The van der Waals surface area contributed by atoms with Crippen molar-refractivity contribution < 1.29 is 4.90 Å². The molecule has 2 rings (SSSR count). The third-order valence-electron chi connectivity index (χ3n) is 4.68. The summed E-state index contributed by atoms with van der Waals surface area (Å²) in [5.41, 5.74) is 3.58. The van der Waals surface area contributed by atoms with Crippen LogP contribution in [0.1, 0.15) is 43.7 Å². The van der Waals surface area contributed by atoms with Crippen molar-refractivity contribution in [2.45, 2.75) is 52.5 Å². The lowest BCUT2D eigenvalue weighted by Crippen LogP contribution is -3.16. The van der Waals surface area contributed by atoms with Crippen LogP contribution in [-0.2, 0) is 0 Å². The fraction of sp³-hybridized carbons (Fsp3) is 0.611. The van der Waals surface area contributed by atoms with Gasteiger partial charge in [-0.2, -0.15) is 0 Å². The third kappa shape index (κ3) is 5.25. The van der Waals surface area contributed by atoms with E-state index in [9.17, 15) is 0 Å². The van der Waals surface area contributed by atoms with Gasteiger partial charge in [-0.05, 0) is 69.4 Å². The number of hydrogen-bond acceptors (Lipinski definition) is 1. The lowest BCUT2D eigenvalue weighted by Gasteiger charge is -2.30. The molecule has 4 heteroatoms. The number of likely N-dealkylation sites (tertiary alicyclic amines) is 1. The van der Waals surface area contributed by atoms with Gasteiger partial charge in [0.15, 0.2) is 5.11 Å². The topological polar surface area (TPSA) is 28.5 Å². The lowest BCUT2D eigenvalue weighted by molar-refractivity contribution is -0.928. The molecule has 1 heterocycles. The van der Waals surface area contributed by atoms with Crippen LogP contribution in [0.4, 0.5) is 5.69 Å². The minimum Gasteiger partial charge on any atom is -0.362 e. The van der Waals surface area contributed by atoms with Crippen molar-refractivity contribution in [3.8, 4) is 0 Å². The van der Waals surface area contributed by atoms with Crippen LogP contribution in [0.15, 0.2) is 18.2 Å². The molecule has 22 heavy (non-hydrogen) atoms. The summed E-state index contributed by atoms with van der Waals surface area (Å²) in [5.74, 6) is 0. The fourth-order valence-corrected chi connectivity index (χ4v) is 3.39. The Morgan fingerprint density at radius 3 is 2.91 bits per heavy atom. The van der Waals surface area contributed by atoms with Crippen molar-refractivity contribution in [1.82, 2.24) is 5.32 Å². The first-order valence-electron chi connectivity index (χ1n) is 8.53. The predicted octanol–water partition coefficient (Wildman–Crippen LogP) is 2.44. The van der Waals surface area contributed by atoms with Gasteiger partial charge in [-0.15, -0.1) is 0 Å². The summed E-state index contributed by atoms with van der Waals surface area (Å²) in [7, 11) is 0. The molecule has 1 aromatic carbocycles. The minimum atomic E-state index is 0.732.